The second kappa shape index (κ2) is 5.37. The van der Waals surface area contributed by atoms with Gasteiger partial charge in [0, 0.05) is 5.54 Å². The molecule has 0 spiro atoms. The molecule has 1 atom stereocenters. The average molecular weight is 242 g/mol. The van der Waals surface area contributed by atoms with Crippen LogP contribution in [0.2, 0.25) is 0 Å². The second-order valence-electron chi connectivity index (χ2n) is 5.91. The van der Waals surface area contributed by atoms with E-state index in [2.05, 4.69) is 0 Å². The predicted molar refractivity (Wildman–Crippen MR) is 64.3 cm³/mol. The maximum absolute atomic E-state index is 11.9. The van der Waals surface area contributed by atoms with Crippen molar-refractivity contribution in [1.29, 1.82) is 5.26 Å². The molecule has 0 aliphatic carbocycles. The Hall–Kier alpha value is -1.28. The molecule has 0 heterocycles. The Kier molecular flexibility index (Phi) is 4.96. The molecule has 17 heavy (non-hydrogen) atoms. The van der Waals surface area contributed by atoms with Gasteiger partial charge in [-0.1, -0.05) is 0 Å². The number of β-amino-alcohol motifs (C(OH)–C–C–N with tert-alkyl or cyclic N) is 1. The largest absolute Gasteiger partial charge is 0.444 e. The standard InChI is InChI=1S/C12H22N2O3/c1-11(2,3)14(8-9(15)7-13)10(16)17-12(4,5)6/h9,15H,8H2,1-6H3. The number of hydrogen-bond donors (Lipinski definition) is 1. The summed E-state index contributed by atoms with van der Waals surface area (Å²) < 4.78 is 5.24. The number of nitriles is 1. The highest BCUT2D eigenvalue weighted by molar-refractivity contribution is 5.69. The van der Waals surface area contributed by atoms with Crippen LogP contribution in [0, 0.1) is 11.3 Å². The van der Waals surface area contributed by atoms with Crippen LogP contribution in [0.15, 0.2) is 0 Å². The topological polar surface area (TPSA) is 73.6 Å². The lowest BCUT2D eigenvalue weighted by Crippen LogP contribution is -2.50. The highest BCUT2D eigenvalue weighted by atomic mass is 16.6. The Morgan fingerprint density at radius 2 is 1.82 bits per heavy atom. The Balaban J connectivity index is 4.84. The van der Waals surface area contributed by atoms with E-state index in [1.807, 2.05) is 20.8 Å². The summed E-state index contributed by atoms with van der Waals surface area (Å²) in [5, 5.41) is 17.9. The van der Waals surface area contributed by atoms with Gasteiger partial charge in [-0.25, -0.2) is 4.79 Å². The van der Waals surface area contributed by atoms with E-state index in [-0.39, 0.29) is 6.54 Å². The van der Waals surface area contributed by atoms with E-state index in [0.717, 1.165) is 0 Å². The molecule has 1 amide bonds. The summed E-state index contributed by atoms with van der Waals surface area (Å²) in [7, 11) is 0. The third-order valence-corrected chi connectivity index (χ3v) is 1.93. The van der Waals surface area contributed by atoms with E-state index in [1.54, 1.807) is 26.8 Å². The Morgan fingerprint density at radius 1 is 1.35 bits per heavy atom. The minimum absolute atomic E-state index is 0.0606. The summed E-state index contributed by atoms with van der Waals surface area (Å²) >= 11 is 0. The van der Waals surface area contributed by atoms with Gasteiger partial charge in [-0.05, 0) is 41.5 Å². The monoisotopic (exact) mass is 242 g/mol. The quantitative estimate of drug-likeness (QED) is 0.751. The molecule has 0 rings (SSSR count). The third-order valence-electron chi connectivity index (χ3n) is 1.93. The minimum Gasteiger partial charge on any atom is -0.444 e. The van der Waals surface area contributed by atoms with E-state index in [4.69, 9.17) is 10.00 Å². The second-order valence-corrected chi connectivity index (χ2v) is 5.91. The summed E-state index contributed by atoms with van der Waals surface area (Å²) in [4.78, 5) is 13.3. The van der Waals surface area contributed by atoms with Crippen molar-refractivity contribution in [3.63, 3.8) is 0 Å². The maximum atomic E-state index is 11.9. The number of aliphatic hydroxyl groups excluding tert-OH is 1. The van der Waals surface area contributed by atoms with Crippen LogP contribution in [0.25, 0.3) is 0 Å². The zero-order valence-corrected chi connectivity index (χ0v) is 11.4. The predicted octanol–water partition coefficient (Wildman–Crippen LogP) is 1.91. The molecular formula is C12H22N2O3. The van der Waals surface area contributed by atoms with E-state index >= 15 is 0 Å². The van der Waals surface area contributed by atoms with Crippen LogP contribution in [0.3, 0.4) is 0 Å². The fraction of sp³-hybridized carbons (Fsp3) is 0.833. The van der Waals surface area contributed by atoms with Gasteiger partial charge in [-0.2, -0.15) is 5.26 Å². The van der Waals surface area contributed by atoms with Gasteiger partial charge in [0.2, 0.25) is 0 Å². The van der Waals surface area contributed by atoms with Crippen molar-refractivity contribution in [2.75, 3.05) is 6.54 Å². The molecule has 0 fully saturated rings. The van der Waals surface area contributed by atoms with Gasteiger partial charge in [0.15, 0.2) is 6.10 Å². The normalized spacial score (nSPS) is 13.8. The fourth-order valence-electron chi connectivity index (χ4n) is 1.15. The number of carbonyl (C=O) groups is 1. The first-order valence-electron chi connectivity index (χ1n) is 5.55. The Labute approximate surface area is 103 Å². The highest BCUT2D eigenvalue weighted by Crippen LogP contribution is 2.18. The Morgan fingerprint density at radius 3 is 2.12 bits per heavy atom. The number of rotatable bonds is 2. The highest BCUT2D eigenvalue weighted by Gasteiger charge is 2.32. The number of hydrogen-bond acceptors (Lipinski definition) is 4. The average Bonchev–Trinajstić information content (AvgIpc) is 2.08. The van der Waals surface area contributed by atoms with Crippen LogP contribution in [0.5, 0.6) is 0 Å². The molecule has 0 radical (unpaired) electrons. The first-order chi connectivity index (χ1) is 7.47. The maximum Gasteiger partial charge on any atom is 0.410 e. The lowest BCUT2D eigenvalue weighted by atomic mass is 10.1. The van der Waals surface area contributed by atoms with Gasteiger partial charge >= 0.3 is 6.09 Å². The van der Waals surface area contributed by atoms with Crippen molar-refractivity contribution in [1.82, 2.24) is 4.90 Å². The van der Waals surface area contributed by atoms with Crippen LogP contribution in [-0.2, 0) is 4.74 Å². The lowest BCUT2D eigenvalue weighted by molar-refractivity contribution is -0.00244. The molecule has 5 nitrogen and oxygen atoms in total. The molecule has 98 valence electrons. The van der Waals surface area contributed by atoms with Crippen LogP contribution < -0.4 is 0 Å². The molecule has 0 aliphatic heterocycles. The van der Waals surface area contributed by atoms with E-state index in [1.165, 1.54) is 4.90 Å². The summed E-state index contributed by atoms with van der Waals surface area (Å²) in [5.41, 5.74) is -1.11. The number of nitrogens with zero attached hydrogens (tertiary/aromatic N) is 2. The van der Waals surface area contributed by atoms with Gasteiger partial charge in [0.1, 0.15) is 5.60 Å². The number of aliphatic hydroxyl groups is 1. The lowest BCUT2D eigenvalue weighted by Gasteiger charge is -2.37. The molecule has 0 bridgehead atoms. The molecule has 1 unspecified atom stereocenters. The molecular weight excluding hydrogens is 220 g/mol. The molecule has 0 saturated heterocycles. The number of amides is 1. The third kappa shape index (κ3) is 6.12. The van der Waals surface area contributed by atoms with E-state index in [0.29, 0.717) is 0 Å². The van der Waals surface area contributed by atoms with Crippen molar-refractivity contribution in [2.24, 2.45) is 0 Å². The van der Waals surface area contributed by atoms with Crippen LogP contribution in [-0.4, -0.2) is 39.9 Å². The van der Waals surface area contributed by atoms with Crippen molar-refractivity contribution in [3.8, 4) is 6.07 Å². The smallest absolute Gasteiger partial charge is 0.410 e. The number of ether oxygens (including phenoxy) is 1. The van der Waals surface area contributed by atoms with Crippen molar-refractivity contribution >= 4 is 6.09 Å². The Bertz CT molecular complexity index is 307. The van der Waals surface area contributed by atoms with Crippen molar-refractivity contribution in [2.45, 2.75) is 58.8 Å². The van der Waals surface area contributed by atoms with Crippen LogP contribution >= 0.6 is 0 Å². The van der Waals surface area contributed by atoms with Crippen LogP contribution in [0.1, 0.15) is 41.5 Å². The first-order valence-corrected chi connectivity index (χ1v) is 5.55. The van der Waals surface area contributed by atoms with E-state index in [9.17, 15) is 9.90 Å². The zero-order chi connectivity index (χ0) is 13.9. The fourth-order valence-corrected chi connectivity index (χ4v) is 1.15. The van der Waals surface area contributed by atoms with Gasteiger partial charge in [0.05, 0.1) is 12.6 Å². The summed E-state index contributed by atoms with van der Waals surface area (Å²) in [6.07, 6.45) is -1.74. The molecule has 1 N–H and O–H groups in total. The van der Waals surface area contributed by atoms with Crippen molar-refractivity contribution in [3.05, 3.63) is 0 Å². The van der Waals surface area contributed by atoms with E-state index < -0.39 is 23.3 Å². The summed E-state index contributed by atoms with van der Waals surface area (Å²) in [6.45, 7) is 10.7. The molecule has 0 saturated carbocycles. The minimum atomic E-state index is -1.21. The van der Waals surface area contributed by atoms with Gasteiger partial charge < -0.3 is 9.84 Å². The molecule has 0 aromatic rings. The number of carbonyl (C=O) groups excluding carboxylic acids is 1. The van der Waals surface area contributed by atoms with Crippen LogP contribution in [0.4, 0.5) is 4.79 Å². The molecule has 0 aromatic heterocycles. The van der Waals surface area contributed by atoms with Gasteiger partial charge in [-0.3, -0.25) is 4.90 Å². The molecule has 0 aliphatic rings. The summed E-state index contributed by atoms with van der Waals surface area (Å²) in [6, 6.07) is 1.69. The summed E-state index contributed by atoms with van der Waals surface area (Å²) in [5.74, 6) is 0. The first kappa shape index (κ1) is 15.7. The van der Waals surface area contributed by atoms with Gasteiger partial charge in [-0.15, -0.1) is 0 Å². The van der Waals surface area contributed by atoms with Gasteiger partial charge in [0.25, 0.3) is 0 Å². The SMILES string of the molecule is CC(C)(C)OC(=O)N(CC(O)C#N)C(C)(C)C. The molecule has 0 aromatic carbocycles. The molecule has 5 heteroatoms. The van der Waals surface area contributed by atoms with Crippen molar-refractivity contribution < 1.29 is 14.6 Å². The zero-order valence-electron chi connectivity index (χ0n) is 11.4.